The zero-order valence-electron chi connectivity index (χ0n) is 6.18. The highest BCUT2D eigenvalue weighted by Crippen LogP contribution is 2.02. The standard InChI is InChI=1S/C7H15NO/c1-3-7-4-8-6(2)5-9-7/h6-8H,3-5H2,1-2H3/t6-,7-/m0/s1. The Balaban J connectivity index is 2.18. The van der Waals surface area contributed by atoms with E-state index in [1.807, 2.05) is 0 Å². The summed E-state index contributed by atoms with van der Waals surface area (Å²) in [5.74, 6) is 0. The lowest BCUT2D eigenvalue weighted by Crippen LogP contribution is -2.44. The van der Waals surface area contributed by atoms with Crippen LogP contribution in [0.1, 0.15) is 20.3 Å². The molecule has 0 aromatic rings. The van der Waals surface area contributed by atoms with Crippen LogP contribution in [0.2, 0.25) is 0 Å². The van der Waals surface area contributed by atoms with E-state index in [0.29, 0.717) is 12.1 Å². The van der Waals surface area contributed by atoms with Crippen LogP contribution in [0.4, 0.5) is 0 Å². The summed E-state index contributed by atoms with van der Waals surface area (Å²) in [5.41, 5.74) is 0. The molecule has 1 aliphatic heterocycles. The molecule has 0 unspecified atom stereocenters. The fourth-order valence-corrected chi connectivity index (χ4v) is 0.993. The maximum atomic E-state index is 5.48. The van der Waals surface area contributed by atoms with Gasteiger partial charge in [-0.3, -0.25) is 0 Å². The molecule has 0 bridgehead atoms. The maximum Gasteiger partial charge on any atom is 0.0697 e. The molecule has 2 nitrogen and oxygen atoms in total. The molecular weight excluding hydrogens is 114 g/mol. The third-order valence-corrected chi connectivity index (χ3v) is 1.73. The Morgan fingerprint density at radius 2 is 2.44 bits per heavy atom. The van der Waals surface area contributed by atoms with Crippen LogP contribution >= 0.6 is 0 Å². The second-order valence-corrected chi connectivity index (χ2v) is 2.67. The third kappa shape index (κ3) is 1.95. The van der Waals surface area contributed by atoms with Gasteiger partial charge >= 0.3 is 0 Å². The van der Waals surface area contributed by atoms with E-state index in [-0.39, 0.29) is 0 Å². The first-order valence-corrected chi connectivity index (χ1v) is 3.68. The van der Waals surface area contributed by atoms with E-state index in [1.54, 1.807) is 0 Å². The number of ether oxygens (including phenoxy) is 1. The monoisotopic (exact) mass is 129 g/mol. The summed E-state index contributed by atoms with van der Waals surface area (Å²) in [5, 5.41) is 3.36. The first-order valence-electron chi connectivity index (χ1n) is 3.68. The van der Waals surface area contributed by atoms with Gasteiger partial charge in [-0.2, -0.15) is 0 Å². The number of hydrogen-bond acceptors (Lipinski definition) is 2. The smallest absolute Gasteiger partial charge is 0.0697 e. The highest BCUT2D eigenvalue weighted by atomic mass is 16.5. The van der Waals surface area contributed by atoms with Crippen molar-refractivity contribution in [1.82, 2.24) is 5.32 Å². The molecule has 0 spiro atoms. The normalized spacial score (nSPS) is 36.7. The largest absolute Gasteiger partial charge is 0.375 e. The number of nitrogens with one attached hydrogen (secondary N) is 1. The molecule has 1 heterocycles. The molecule has 2 heteroatoms. The minimum absolute atomic E-state index is 0.459. The molecule has 0 radical (unpaired) electrons. The molecule has 1 saturated heterocycles. The Labute approximate surface area is 56.6 Å². The van der Waals surface area contributed by atoms with Crippen LogP contribution in [-0.2, 0) is 4.74 Å². The topological polar surface area (TPSA) is 21.3 Å². The number of morpholine rings is 1. The van der Waals surface area contributed by atoms with Gasteiger partial charge in [-0.25, -0.2) is 0 Å². The summed E-state index contributed by atoms with van der Waals surface area (Å²) in [4.78, 5) is 0. The van der Waals surface area contributed by atoms with Crippen LogP contribution in [-0.4, -0.2) is 25.3 Å². The average molecular weight is 129 g/mol. The van der Waals surface area contributed by atoms with E-state index in [9.17, 15) is 0 Å². The quantitative estimate of drug-likeness (QED) is 0.564. The molecule has 2 atom stereocenters. The van der Waals surface area contributed by atoms with Crippen molar-refractivity contribution in [1.29, 1.82) is 0 Å². The minimum Gasteiger partial charge on any atom is -0.375 e. The fraction of sp³-hybridized carbons (Fsp3) is 1.00. The van der Waals surface area contributed by atoms with E-state index in [0.717, 1.165) is 19.6 Å². The van der Waals surface area contributed by atoms with E-state index in [4.69, 9.17) is 4.74 Å². The average Bonchev–Trinajstić information content (AvgIpc) is 1.90. The van der Waals surface area contributed by atoms with Crippen molar-refractivity contribution in [2.24, 2.45) is 0 Å². The Kier molecular flexibility index (Phi) is 2.49. The van der Waals surface area contributed by atoms with Gasteiger partial charge in [-0.1, -0.05) is 6.92 Å². The highest BCUT2D eigenvalue weighted by molar-refractivity contribution is 4.70. The van der Waals surface area contributed by atoms with Gasteiger partial charge in [0.15, 0.2) is 0 Å². The summed E-state index contributed by atoms with van der Waals surface area (Å²) in [6.07, 6.45) is 1.58. The van der Waals surface area contributed by atoms with Gasteiger partial charge in [0.1, 0.15) is 0 Å². The van der Waals surface area contributed by atoms with Gasteiger partial charge in [0.25, 0.3) is 0 Å². The maximum absolute atomic E-state index is 5.48. The summed E-state index contributed by atoms with van der Waals surface area (Å²) < 4.78 is 5.48. The van der Waals surface area contributed by atoms with Crippen molar-refractivity contribution in [2.75, 3.05) is 13.2 Å². The van der Waals surface area contributed by atoms with Crippen molar-refractivity contribution >= 4 is 0 Å². The molecule has 0 aliphatic carbocycles. The van der Waals surface area contributed by atoms with Crippen molar-refractivity contribution < 1.29 is 4.74 Å². The van der Waals surface area contributed by atoms with Crippen molar-refractivity contribution in [3.63, 3.8) is 0 Å². The lowest BCUT2D eigenvalue weighted by atomic mass is 10.2. The van der Waals surface area contributed by atoms with Gasteiger partial charge in [0.05, 0.1) is 12.7 Å². The van der Waals surface area contributed by atoms with E-state index < -0.39 is 0 Å². The van der Waals surface area contributed by atoms with Crippen LogP contribution in [0.3, 0.4) is 0 Å². The van der Waals surface area contributed by atoms with Crippen LogP contribution < -0.4 is 5.32 Å². The zero-order chi connectivity index (χ0) is 6.69. The highest BCUT2D eigenvalue weighted by Gasteiger charge is 2.14. The second-order valence-electron chi connectivity index (χ2n) is 2.67. The molecule has 1 N–H and O–H groups in total. The molecule has 0 aromatic heterocycles. The Morgan fingerprint density at radius 1 is 1.67 bits per heavy atom. The van der Waals surface area contributed by atoms with Crippen molar-refractivity contribution in [3.05, 3.63) is 0 Å². The van der Waals surface area contributed by atoms with Gasteiger partial charge < -0.3 is 10.1 Å². The predicted molar refractivity (Wildman–Crippen MR) is 37.5 cm³/mol. The Hall–Kier alpha value is -0.0800. The van der Waals surface area contributed by atoms with Gasteiger partial charge in [0.2, 0.25) is 0 Å². The zero-order valence-corrected chi connectivity index (χ0v) is 6.18. The molecule has 0 saturated carbocycles. The summed E-state index contributed by atoms with van der Waals surface area (Å²) in [6, 6.07) is 0.549. The number of rotatable bonds is 1. The second kappa shape index (κ2) is 3.18. The first kappa shape index (κ1) is 7.03. The van der Waals surface area contributed by atoms with Crippen LogP contribution in [0.5, 0.6) is 0 Å². The van der Waals surface area contributed by atoms with E-state index >= 15 is 0 Å². The fourth-order valence-electron chi connectivity index (χ4n) is 0.993. The minimum atomic E-state index is 0.459. The summed E-state index contributed by atoms with van der Waals surface area (Å²) in [6.45, 7) is 6.20. The van der Waals surface area contributed by atoms with Gasteiger partial charge in [-0.05, 0) is 13.3 Å². The molecular formula is C7H15NO. The predicted octanol–water partition coefficient (Wildman–Crippen LogP) is 0.773. The first-order chi connectivity index (χ1) is 4.33. The lowest BCUT2D eigenvalue weighted by Gasteiger charge is -2.27. The van der Waals surface area contributed by atoms with Gasteiger partial charge in [-0.15, -0.1) is 0 Å². The summed E-state index contributed by atoms with van der Waals surface area (Å²) in [7, 11) is 0. The Morgan fingerprint density at radius 3 is 2.89 bits per heavy atom. The van der Waals surface area contributed by atoms with E-state index in [2.05, 4.69) is 19.2 Å². The molecule has 1 rings (SSSR count). The van der Waals surface area contributed by atoms with Gasteiger partial charge in [0, 0.05) is 12.6 Å². The van der Waals surface area contributed by atoms with Crippen molar-refractivity contribution in [2.45, 2.75) is 32.4 Å². The summed E-state index contributed by atoms with van der Waals surface area (Å²) >= 11 is 0. The van der Waals surface area contributed by atoms with Crippen molar-refractivity contribution in [3.8, 4) is 0 Å². The molecule has 9 heavy (non-hydrogen) atoms. The molecule has 1 aliphatic rings. The molecule has 1 fully saturated rings. The number of hydrogen-bond donors (Lipinski definition) is 1. The molecule has 0 amide bonds. The third-order valence-electron chi connectivity index (χ3n) is 1.73. The molecule has 54 valence electrons. The van der Waals surface area contributed by atoms with Crippen LogP contribution in [0, 0.1) is 0 Å². The van der Waals surface area contributed by atoms with Crippen LogP contribution in [0.15, 0.2) is 0 Å². The van der Waals surface area contributed by atoms with Crippen LogP contribution in [0.25, 0.3) is 0 Å². The van der Waals surface area contributed by atoms with E-state index in [1.165, 1.54) is 0 Å². The lowest BCUT2D eigenvalue weighted by molar-refractivity contribution is 0.00650. The Bertz CT molecular complexity index is 77.0. The molecule has 0 aromatic carbocycles. The SMILES string of the molecule is CC[C@H]1CN[C@@H](C)CO1.